The molecule has 2 unspecified atom stereocenters. The standard InChI is InChI=1S/C18H26N6O/c25-15-6-2-5-14(15)19-9-12-10-23(11-12)17-8-7-16-20-21-18(24(16)22-17)13-3-1-4-13/h7-8,12-15,19,25H,1-6,9-11H2. The van der Waals surface area contributed by atoms with Gasteiger partial charge in [-0.1, -0.05) is 6.42 Å². The van der Waals surface area contributed by atoms with E-state index in [1.165, 1.54) is 19.3 Å². The number of anilines is 1. The molecule has 7 nitrogen and oxygen atoms in total. The lowest BCUT2D eigenvalue weighted by Crippen LogP contribution is -2.53. The summed E-state index contributed by atoms with van der Waals surface area (Å²) in [5.74, 6) is 3.21. The molecule has 2 saturated carbocycles. The van der Waals surface area contributed by atoms with Crippen LogP contribution >= 0.6 is 0 Å². The van der Waals surface area contributed by atoms with Gasteiger partial charge < -0.3 is 15.3 Å². The van der Waals surface area contributed by atoms with Gasteiger partial charge in [0.15, 0.2) is 11.5 Å². The molecule has 0 bridgehead atoms. The molecule has 3 aliphatic rings. The fourth-order valence-electron chi connectivity index (χ4n) is 4.27. The molecule has 2 aromatic rings. The van der Waals surface area contributed by atoms with Gasteiger partial charge in [0.1, 0.15) is 5.82 Å². The van der Waals surface area contributed by atoms with E-state index in [0.29, 0.717) is 17.9 Å². The SMILES string of the molecule is OC1CCCC1NCC1CN(c2ccc3nnc(C4CCC4)n3n2)C1. The van der Waals surface area contributed by atoms with Crippen molar-refractivity contribution in [1.82, 2.24) is 25.1 Å². The Morgan fingerprint density at radius 2 is 1.92 bits per heavy atom. The van der Waals surface area contributed by atoms with E-state index < -0.39 is 0 Å². The number of aliphatic hydroxyl groups excluding tert-OH is 1. The highest BCUT2D eigenvalue weighted by Crippen LogP contribution is 2.35. The highest BCUT2D eigenvalue weighted by molar-refractivity contribution is 5.47. The Kier molecular flexibility index (Phi) is 3.86. The maximum Gasteiger partial charge on any atom is 0.178 e. The van der Waals surface area contributed by atoms with Crippen LogP contribution < -0.4 is 10.2 Å². The maximum atomic E-state index is 9.90. The third-order valence-electron chi connectivity index (χ3n) is 6.17. The van der Waals surface area contributed by atoms with Crippen LogP contribution in [0.3, 0.4) is 0 Å². The summed E-state index contributed by atoms with van der Waals surface area (Å²) < 4.78 is 1.94. The van der Waals surface area contributed by atoms with E-state index >= 15 is 0 Å². The van der Waals surface area contributed by atoms with E-state index in [2.05, 4.69) is 26.5 Å². The average Bonchev–Trinajstić information content (AvgIpc) is 3.11. The van der Waals surface area contributed by atoms with E-state index in [9.17, 15) is 5.11 Å². The Bertz CT molecular complexity index is 751. The predicted molar refractivity (Wildman–Crippen MR) is 94.7 cm³/mol. The summed E-state index contributed by atoms with van der Waals surface area (Å²) in [5, 5.41) is 26.9. The summed E-state index contributed by atoms with van der Waals surface area (Å²) in [6.07, 6.45) is 6.74. The van der Waals surface area contributed by atoms with Crippen LogP contribution in [0, 0.1) is 5.92 Å². The quantitative estimate of drug-likeness (QED) is 0.853. The predicted octanol–water partition coefficient (Wildman–Crippen LogP) is 1.33. The van der Waals surface area contributed by atoms with Crippen molar-refractivity contribution in [2.24, 2.45) is 5.92 Å². The summed E-state index contributed by atoms with van der Waals surface area (Å²) in [4.78, 5) is 2.32. The largest absolute Gasteiger partial charge is 0.392 e. The van der Waals surface area contributed by atoms with Gasteiger partial charge in [-0.25, -0.2) is 0 Å². The van der Waals surface area contributed by atoms with Crippen molar-refractivity contribution in [1.29, 1.82) is 0 Å². The molecular formula is C18H26N6O. The first-order valence-electron chi connectivity index (χ1n) is 9.66. The molecule has 1 aliphatic heterocycles. The molecule has 25 heavy (non-hydrogen) atoms. The van der Waals surface area contributed by atoms with Crippen molar-refractivity contribution in [2.75, 3.05) is 24.5 Å². The summed E-state index contributed by atoms with van der Waals surface area (Å²) in [6, 6.07) is 4.38. The van der Waals surface area contributed by atoms with E-state index in [1.54, 1.807) is 0 Å². The zero-order chi connectivity index (χ0) is 16.8. The summed E-state index contributed by atoms with van der Waals surface area (Å²) in [5.41, 5.74) is 0.847. The van der Waals surface area contributed by atoms with Crippen LogP contribution in [0.5, 0.6) is 0 Å². The molecule has 0 aromatic carbocycles. The number of hydrogen-bond acceptors (Lipinski definition) is 6. The Morgan fingerprint density at radius 1 is 1.08 bits per heavy atom. The fraction of sp³-hybridized carbons (Fsp3) is 0.722. The Balaban J connectivity index is 1.21. The fourth-order valence-corrected chi connectivity index (χ4v) is 4.27. The Morgan fingerprint density at radius 3 is 2.64 bits per heavy atom. The van der Waals surface area contributed by atoms with Crippen molar-refractivity contribution >= 4 is 11.5 Å². The highest BCUT2D eigenvalue weighted by Gasteiger charge is 2.31. The molecular weight excluding hydrogens is 316 g/mol. The van der Waals surface area contributed by atoms with E-state index in [4.69, 9.17) is 5.10 Å². The van der Waals surface area contributed by atoms with E-state index in [1.807, 2.05) is 10.6 Å². The Labute approximate surface area is 147 Å². The van der Waals surface area contributed by atoms with Gasteiger partial charge in [-0.05, 0) is 44.2 Å². The van der Waals surface area contributed by atoms with Gasteiger partial charge in [0.05, 0.1) is 6.10 Å². The molecule has 2 aliphatic carbocycles. The lowest BCUT2D eigenvalue weighted by molar-refractivity contribution is 0.145. The van der Waals surface area contributed by atoms with E-state index in [-0.39, 0.29) is 6.10 Å². The van der Waals surface area contributed by atoms with Gasteiger partial charge in [-0.2, -0.15) is 4.52 Å². The molecule has 0 radical (unpaired) electrons. The van der Waals surface area contributed by atoms with Crippen LogP contribution in [0.25, 0.3) is 5.65 Å². The molecule has 0 amide bonds. The minimum atomic E-state index is -0.154. The zero-order valence-corrected chi connectivity index (χ0v) is 14.5. The molecule has 2 atom stereocenters. The van der Waals surface area contributed by atoms with Crippen molar-refractivity contribution in [3.05, 3.63) is 18.0 Å². The molecule has 3 heterocycles. The van der Waals surface area contributed by atoms with Crippen molar-refractivity contribution in [3.63, 3.8) is 0 Å². The number of nitrogens with one attached hydrogen (secondary N) is 1. The molecule has 1 saturated heterocycles. The van der Waals surface area contributed by atoms with Crippen LogP contribution in [0.2, 0.25) is 0 Å². The topological polar surface area (TPSA) is 78.6 Å². The van der Waals surface area contributed by atoms with Crippen molar-refractivity contribution in [3.8, 4) is 0 Å². The first-order valence-corrected chi connectivity index (χ1v) is 9.66. The van der Waals surface area contributed by atoms with Gasteiger partial charge in [0.2, 0.25) is 0 Å². The third-order valence-corrected chi connectivity index (χ3v) is 6.17. The van der Waals surface area contributed by atoms with Crippen LogP contribution in [-0.4, -0.2) is 56.7 Å². The second kappa shape index (κ2) is 6.21. The molecule has 134 valence electrons. The minimum absolute atomic E-state index is 0.154. The second-order valence-electron chi connectivity index (χ2n) is 7.93. The number of hydrogen-bond donors (Lipinski definition) is 2. The Hall–Kier alpha value is -1.73. The van der Waals surface area contributed by atoms with Crippen LogP contribution in [0.15, 0.2) is 12.1 Å². The minimum Gasteiger partial charge on any atom is -0.392 e. The first kappa shape index (κ1) is 15.5. The summed E-state index contributed by atoms with van der Waals surface area (Å²) in [7, 11) is 0. The lowest BCUT2D eigenvalue weighted by Gasteiger charge is -2.40. The van der Waals surface area contributed by atoms with Crippen LogP contribution in [0.1, 0.15) is 50.3 Å². The average molecular weight is 342 g/mol. The summed E-state index contributed by atoms with van der Waals surface area (Å²) in [6.45, 7) is 3.03. The van der Waals surface area contributed by atoms with Crippen molar-refractivity contribution in [2.45, 2.75) is 56.6 Å². The molecule has 2 N–H and O–H groups in total. The molecule has 7 heteroatoms. The van der Waals surface area contributed by atoms with E-state index in [0.717, 1.165) is 56.2 Å². The highest BCUT2D eigenvalue weighted by atomic mass is 16.3. The second-order valence-corrected chi connectivity index (χ2v) is 7.93. The maximum absolute atomic E-state index is 9.90. The molecule has 0 spiro atoms. The third kappa shape index (κ3) is 2.79. The molecule has 2 aromatic heterocycles. The van der Waals surface area contributed by atoms with Gasteiger partial charge in [-0.15, -0.1) is 15.3 Å². The first-order chi connectivity index (χ1) is 12.3. The normalized spacial score (nSPS) is 27.6. The smallest absolute Gasteiger partial charge is 0.178 e. The summed E-state index contributed by atoms with van der Waals surface area (Å²) >= 11 is 0. The van der Waals surface area contributed by atoms with Crippen molar-refractivity contribution < 1.29 is 5.11 Å². The molecule has 3 fully saturated rings. The monoisotopic (exact) mass is 342 g/mol. The van der Waals surface area contributed by atoms with Gasteiger partial charge in [0.25, 0.3) is 0 Å². The number of aromatic nitrogens is 4. The lowest BCUT2D eigenvalue weighted by atomic mass is 9.85. The van der Waals surface area contributed by atoms with Crippen LogP contribution in [-0.2, 0) is 0 Å². The van der Waals surface area contributed by atoms with Gasteiger partial charge in [0, 0.05) is 37.5 Å². The van der Waals surface area contributed by atoms with Gasteiger partial charge >= 0.3 is 0 Å². The number of rotatable bonds is 5. The molecule has 5 rings (SSSR count). The van der Waals surface area contributed by atoms with Crippen LogP contribution in [0.4, 0.5) is 5.82 Å². The number of aliphatic hydroxyl groups is 1. The zero-order valence-electron chi connectivity index (χ0n) is 14.5. The number of fused-ring (bicyclic) bond motifs is 1. The number of nitrogens with zero attached hydrogens (tertiary/aromatic N) is 5. The van der Waals surface area contributed by atoms with Gasteiger partial charge in [-0.3, -0.25) is 0 Å².